The van der Waals surface area contributed by atoms with Gasteiger partial charge in [0, 0.05) is 18.8 Å². The van der Waals surface area contributed by atoms with Crippen molar-refractivity contribution in [2.45, 2.75) is 33.3 Å². The first kappa shape index (κ1) is 15.8. The van der Waals surface area contributed by atoms with Crippen LogP contribution in [-0.2, 0) is 13.7 Å². The Labute approximate surface area is 112 Å². The van der Waals surface area contributed by atoms with Crippen LogP contribution >= 0.6 is 19.3 Å². The minimum absolute atomic E-state index is 0.169. The van der Waals surface area contributed by atoms with E-state index in [2.05, 4.69) is 20.8 Å². The second-order valence-electron chi connectivity index (χ2n) is 5.15. The number of methoxy groups -OCH3 is 1. The van der Waals surface area contributed by atoms with Crippen LogP contribution in [0.25, 0.3) is 0 Å². The first-order valence-electron chi connectivity index (χ1n) is 5.88. The molecule has 0 heterocycles. The Hall–Kier alpha value is 0.725. The molecule has 0 N–H and O–H groups in total. The van der Waals surface area contributed by atoms with Crippen molar-refractivity contribution in [1.82, 2.24) is 0 Å². The van der Waals surface area contributed by atoms with Gasteiger partial charge in [-0.15, -0.1) is 0 Å². The summed E-state index contributed by atoms with van der Waals surface area (Å²) in [6, 6.07) is 0. The van der Waals surface area contributed by atoms with E-state index in [9.17, 15) is 0 Å². The number of hydrogen-bond donors (Lipinski definition) is 0. The van der Waals surface area contributed by atoms with E-state index < -0.39 is 0 Å². The third-order valence-corrected chi connectivity index (χ3v) is 5.00. The summed E-state index contributed by atoms with van der Waals surface area (Å²) in [7, 11) is 7.37. The first-order chi connectivity index (χ1) is 8.04. The molecule has 3 nitrogen and oxygen atoms in total. The number of hydrogen-bond acceptors (Lipinski definition) is 4. The standard InChI is InChI=1S/C11H22BO3PS/c1-8-9(6-15-17-16-12)5-10(11(8,2)3)14-7-13-4/h8-10,16H,5-7H2,1-4H3. The minimum atomic E-state index is 0.169. The van der Waals surface area contributed by atoms with Gasteiger partial charge in [0.05, 0.1) is 12.7 Å². The van der Waals surface area contributed by atoms with Gasteiger partial charge in [0.2, 0.25) is 0 Å². The monoisotopic (exact) mass is 276 g/mol. The van der Waals surface area contributed by atoms with Crippen LogP contribution in [-0.4, -0.2) is 34.2 Å². The Morgan fingerprint density at radius 2 is 2.18 bits per heavy atom. The predicted octanol–water partition coefficient (Wildman–Crippen LogP) is 3.00. The molecule has 4 atom stereocenters. The van der Waals surface area contributed by atoms with Crippen LogP contribution in [0.15, 0.2) is 0 Å². The highest BCUT2D eigenvalue weighted by molar-refractivity contribution is 8.53. The maximum Gasteiger partial charge on any atom is 0.146 e. The van der Waals surface area contributed by atoms with E-state index in [1.165, 1.54) is 11.7 Å². The van der Waals surface area contributed by atoms with Crippen LogP contribution < -0.4 is 0 Å². The molecule has 4 unspecified atom stereocenters. The molecule has 1 fully saturated rings. The molecule has 0 amide bonds. The van der Waals surface area contributed by atoms with Crippen molar-refractivity contribution in [2.75, 3.05) is 20.5 Å². The Balaban J connectivity index is 2.48. The number of rotatable bonds is 7. The molecule has 0 aromatic carbocycles. The lowest BCUT2D eigenvalue weighted by Gasteiger charge is -2.31. The average Bonchev–Trinajstić information content (AvgIpc) is 2.50. The molecular weight excluding hydrogens is 254 g/mol. The Morgan fingerprint density at radius 1 is 1.47 bits per heavy atom. The smallest absolute Gasteiger partial charge is 0.146 e. The molecule has 1 saturated carbocycles. The zero-order valence-electron chi connectivity index (χ0n) is 11.1. The van der Waals surface area contributed by atoms with Crippen LogP contribution in [0.2, 0.25) is 0 Å². The van der Waals surface area contributed by atoms with Gasteiger partial charge in [-0.05, 0) is 23.7 Å². The average molecular weight is 276 g/mol. The summed E-state index contributed by atoms with van der Waals surface area (Å²) in [5.74, 6) is 1.11. The summed E-state index contributed by atoms with van der Waals surface area (Å²) in [6.07, 6.45) is 1.28. The van der Waals surface area contributed by atoms with Crippen molar-refractivity contribution in [3.63, 3.8) is 0 Å². The predicted molar refractivity (Wildman–Crippen MR) is 75.4 cm³/mol. The van der Waals surface area contributed by atoms with Crippen molar-refractivity contribution in [3.05, 3.63) is 0 Å². The van der Waals surface area contributed by atoms with E-state index in [4.69, 9.17) is 21.2 Å². The van der Waals surface area contributed by atoms with Crippen LogP contribution in [0.5, 0.6) is 0 Å². The van der Waals surface area contributed by atoms with Gasteiger partial charge in [0.15, 0.2) is 0 Å². The highest BCUT2D eigenvalue weighted by Crippen LogP contribution is 2.48. The van der Waals surface area contributed by atoms with E-state index in [0.717, 1.165) is 13.0 Å². The van der Waals surface area contributed by atoms with Crippen molar-refractivity contribution in [3.8, 4) is 0 Å². The topological polar surface area (TPSA) is 27.7 Å². The lowest BCUT2D eigenvalue weighted by Crippen LogP contribution is -2.31. The van der Waals surface area contributed by atoms with Gasteiger partial charge < -0.3 is 13.7 Å². The molecule has 2 radical (unpaired) electrons. The number of ether oxygens (including phenoxy) is 2. The fourth-order valence-corrected chi connectivity index (χ4v) is 3.20. The van der Waals surface area contributed by atoms with E-state index in [0.29, 0.717) is 26.3 Å². The largest absolute Gasteiger partial charge is 0.359 e. The molecule has 98 valence electrons. The molecule has 1 aliphatic carbocycles. The fraction of sp³-hybridized carbons (Fsp3) is 1.00. The maximum atomic E-state index is 5.77. The first-order valence-corrected chi connectivity index (χ1v) is 8.43. The van der Waals surface area contributed by atoms with Crippen molar-refractivity contribution >= 4 is 26.9 Å². The van der Waals surface area contributed by atoms with Gasteiger partial charge in [-0.3, -0.25) is 0 Å². The van der Waals surface area contributed by atoms with Crippen LogP contribution in [0, 0.1) is 17.3 Å². The second kappa shape index (κ2) is 7.35. The van der Waals surface area contributed by atoms with E-state index in [1.807, 2.05) is 0 Å². The molecule has 0 bridgehead atoms. The third-order valence-electron chi connectivity index (χ3n) is 4.00. The summed E-state index contributed by atoms with van der Waals surface area (Å²) >= 11 is 1.36. The molecule has 0 aromatic heterocycles. The second-order valence-corrected chi connectivity index (χ2v) is 7.00. The molecule has 0 aromatic rings. The maximum absolute atomic E-state index is 5.77. The van der Waals surface area contributed by atoms with Gasteiger partial charge >= 0.3 is 0 Å². The van der Waals surface area contributed by atoms with Gasteiger partial charge in [0.1, 0.15) is 14.4 Å². The summed E-state index contributed by atoms with van der Waals surface area (Å²) in [5.41, 5.74) is 0.169. The van der Waals surface area contributed by atoms with E-state index in [-0.39, 0.29) is 11.5 Å². The highest BCUT2D eigenvalue weighted by Gasteiger charge is 2.47. The highest BCUT2D eigenvalue weighted by atomic mass is 32.7. The minimum Gasteiger partial charge on any atom is -0.359 e. The lowest BCUT2D eigenvalue weighted by atomic mass is 9.79. The van der Waals surface area contributed by atoms with Crippen molar-refractivity contribution < 1.29 is 13.7 Å². The van der Waals surface area contributed by atoms with Gasteiger partial charge in [-0.2, -0.15) is 0 Å². The van der Waals surface area contributed by atoms with Gasteiger partial charge in [-0.1, -0.05) is 28.4 Å². The summed E-state index contributed by atoms with van der Waals surface area (Å²) in [6.45, 7) is 7.92. The zero-order valence-corrected chi connectivity index (χ0v) is 12.9. The fourth-order valence-electron chi connectivity index (χ4n) is 2.48. The van der Waals surface area contributed by atoms with Crippen LogP contribution in [0.1, 0.15) is 27.2 Å². The normalized spacial score (nSPS) is 32.6. The quantitative estimate of drug-likeness (QED) is 0.235. The summed E-state index contributed by atoms with van der Waals surface area (Å²) < 4.78 is 16.3. The van der Waals surface area contributed by atoms with E-state index >= 15 is 0 Å². The van der Waals surface area contributed by atoms with Crippen molar-refractivity contribution in [2.24, 2.45) is 17.3 Å². The molecule has 0 saturated heterocycles. The van der Waals surface area contributed by atoms with Gasteiger partial charge in [0.25, 0.3) is 0 Å². The molecule has 0 aliphatic heterocycles. The molecule has 1 rings (SSSR count). The molecular formula is C11H22BO3PS. The zero-order chi connectivity index (χ0) is 12.9. The van der Waals surface area contributed by atoms with Crippen LogP contribution in [0.3, 0.4) is 0 Å². The van der Waals surface area contributed by atoms with Crippen LogP contribution in [0.4, 0.5) is 0 Å². The molecule has 6 heteroatoms. The molecule has 17 heavy (non-hydrogen) atoms. The molecule has 1 aliphatic rings. The Bertz CT molecular complexity index is 231. The Kier molecular flexibility index (Phi) is 6.82. The Morgan fingerprint density at radius 3 is 2.76 bits per heavy atom. The lowest BCUT2D eigenvalue weighted by molar-refractivity contribution is -0.105. The summed E-state index contributed by atoms with van der Waals surface area (Å²) in [4.78, 5) is 0. The van der Waals surface area contributed by atoms with E-state index in [1.54, 1.807) is 7.11 Å². The third kappa shape index (κ3) is 4.10. The molecule has 0 spiro atoms. The SMILES string of the molecule is [B]PSOCC1CC(OCOC)C(C)(C)C1C. The van der Waals surface area contributed by atoms with Crippen molar-refractivity contribution in [1.29, 1.82) is 0 Å². The summed E-state index contributed by atoms with van der Waals surface area (Å²) in [5, 5.41) is 0. The van der Waals surface area contributed by atoms with Gasteiger partial charge in [-0.25, -0.2) is 0 Å².